The number of para-hydroxylation sites is 1. The number of aromatic nitrogens is 1. The predicted molar refractivity (Wildman–Crippen MR) is 94.4 cm³/mol. The fourth-order valence-corrected chi connectivity index (χ4v) is 2.39. The van der Waals surface area contributed by atoms with Crippen LogP contribution in [0.5, 0.6) is 5.75 Å². The lowest BCUT2D eigenvalue weighted by atomic mass is 10.1. The van der Waals surface area contributed by atoms with Gasteiger partial charge in [-0.15, -0.1) is 0 Å². The number of rotatable bonds is 8. The molecule has 0 spiro atoms. The zero-order valence-corrected chi connectivity index (χ0v) is 13.9. The van der Waals surface area contributed by atoms with Gasteiger partial charge < -0.3 is 14.6 Å². The summed E-state index contributed by atoms with van der Waals surface area (Å²) in [4.78, 5) is 12.1. The van der Waals surface area contributed by atoms with E-state index in [4.69, 9.17) is 9.26 Å². The first kappa shape index (κ1) is 16.8. The molecule has 0 atom stereocenters. The van der Waals surface area contributed by atoms with Crippen molar-refractivity contribution in [2.75, 3.05) is 6.54 Å². The van der Waals surface area contributed by atoms with E-state index < -0.39 is 0 Å². The lowest BCUT2D eigenvalue weighted by Gasteiger charge is -2.03. The second-order valence-electron chi connectivity index (χ2n) is 5.63. The fourth-order valence-electron chi connectivity index (χ4n) is 2.39. The number of carbonyl (C=O) groups excluding carboxylic acids is 1. The monoisotopic (exact) mass is 336 g/mol. The second kappa shape index (κ2) is 8.68. The van der Waals surface area contributed by atoms with Crippen LogP contribution in [0.4, 0.5) is 0 Å². The lowest BCUT2D eigenvalue weighted by molar-refractivity contribution is 0.0944. The first-order valence-corrected chi connectivity index (χ1v) is 8.27. The van der Waals surface area contributed by atoms with Crippen LogP contribution in [0.15, 0.2) is 71.3 Å². The van der Waals surface area contributed by atoms with Crippen LogP contribution in [0.2, 0.25) is 0 Å². The van der Waals surface area contributed by atoms with Crippen LogP contribution < -0.4 is 10.1 Å². The molecule has 5 heteroatoms. The van der Waals surface area contributed by atoms with Crippen molar-refractivity contribution in [2.45, 2.75) is 19.4 Å². The third-order valence-electron chi connectivity index (χ3n) is 3.69. The summed E-state index contributed by atoms with van der Waals surface area (Å²) in [5.74, 6) is 1.02. The second-order valence-corrected chi connectivity index (χ2v) is 5.63. The zero-order valence-electron chi connectivity index (χ0n) is 13.9. The molecule has 0 bridgehead atoms. The summed E-state index contributed by atoms with van der Waals surface area (Å²) in [6, 6.07) is 21.2. The van der Waals surface area contributed by atoms with Crippen molar-refractivity contribution in [1.29, 1.82) is 0 Å². The molecule has 1 aromatic heterocycles. The Labute approximate surface area is 146 Å². The molecular weight excluding hydrogens is 316 g/mol. The van der Waals surface area contributed by atoms with Crippen LogP contribution in [-0.4, -0.2) is 17.6 Å². The minimum absolute atomic E-state index is 0.234. The summed E-state index contributed by atoms with van der Waals surface area (Å²) in [7, 11) is 0. The predicted octanol–water partition coefficient (Wildman–Crippen LogP) is 3.62. The van der Waals surface area contributed by atoms with E-state index in [1.54, 1.807) is 6.07 Å². The number of ether oxygens (including phenoxy) is 1. The van der Waals surface area contributed by atoms with Crippen LogP contribution in [0.1, 0.15) is 28.2 Å². The van der Waals surface area contributed by atoms with Gasteiger partial charge in [0.15, 0.2) is 11.5 Å². The van der Waals surface area contributed by atoms with Crippen molar-refractivity contribution >= 4 is 5.91 Å². The molecule has 0 unspecified atom stereocenters. The Morgan fingerprint density at radius 2 is 1.76 bits per heavy atom. The van der Waals surface area contributed by atoms with E-state index >= 15 is 0 Å². The number of benzene rings is 2. The molecule has 25 heavy (non-hydrogen) atoms. The molecule has 0 saturated heterocycles. The van der Waals surface area contributed by atoms with E-state index in [1.807, 2.05) is 48.5 Å². The average Bonchev–Trinajstić information content (AvgIpc) is 3.14. The van der Waals surface area contributed by atoms with Crippen molar-refractivity contribution in [2.24, 2.45) is 0 Å². The van der Waals surface area contributed by atoms with Crippen LogP contribution in [0.25, 0.3) is 0 Å². The van der Waals surface area contributed by atoms with Crippen LogP contribution >= 0.6 is 0 Å². The molecule has 0 radical (unpaired) electrons. The Morgan fingerprint density at radius 1 is 1.04 bits per heavy atom. The van der Waals surface area contributed by atoms with Crippen LogP contribution in [0, 0.1) is 0 Å². The molecule has 0 fully saturated rings. The van der Waals surface area contributed by atoms with Gasteiger partial charge in [-0.05, 0) is 30.5 Å². The highest BCUT2D eigenvalue weighted by molar-refractivity contribution is 5.92. The van der Waals surface area contributed by atoms with E-state index in [2.05, 4.69) is 22.6 Å². The first-order chi connectivity index (χ1) is 12.3. The molecule has 5 nitrogen and oxygen atoms in total. The van der Waals surface area contributed by atoms with E-state index in [0.29, 0.717) is 12.3 Å². The molecule has 1 heterocycles. The van der Waals surface area contributed by atoms with Crippen molar-refractivity contribution in [3.63, 3.8) is 0 Å². The summed E-state index contributed by atoms with van der Waals surface area (Å²) in [5.41, 5.74) is 1.53. The van der Waals surface area contributed by atoms with Crippen molar-refractivity contribution in [3.8, 4) is 5.75 Å². The summed E-state index contributed by atoms with van der Waals surface area (Å²) in [5, 5.41) is 6.65. The van der Waals surface area contributed by atoms with Gasteiger partial charge in [-0.3, -0.25) is 4.79 Å². The normalized spacial score (nSPS) is 10.4. The van der Waals surface area contributed by atoms with Gasteiger partial charge in [-0.1, -0.05) is 53.7 Å². The first-order valence-electron chi connectivity index (χ1n) is 8.27. The molecule has 1 amide bonds. The molecule has 0 aliphatic carbocycles. The maximum atomic E-state index is 12.1. The van der Waals surface area contributed by atoms with Gasteiger partial charge >= 0.3 is 0 Å². The third-order valence-corrected chi connectivity index (χ3v) is 3.69. The molecule has 128 valence electrons. The summed E-state index contributed by atoms with van der Waals surface area (Å²) < 4.78 is 10.7. The Kier molecular flexibility index (Phi) is 5.82. The number of hydrogen-bond donors (Lipinski definition) is 1. The van der Waals surface area contributed by atoms with Gasteiger partial charge in [0.2, 0.25) is 0 Å². The van der Waals surface area contributed by atoms with Gasteiger partial charge in [-0.2, -0.15) is 0 Å². The van der Waals surface area contributed by atoms with E-state index in [9.17, 15) is 4.79 Å². The average molecular weight is 336 g/mol. The molecule has 1 N–H and O–H groups in total. The number of aryl methyl sites for hydroxylation is 1. The Morgan fingerprint density at radius 3 is 2.52 bits per heavy atom. The van der Waals surface area contributed by atoms with Crippen LogP contribution in [-0.2, 0) is 13.0 Å². The van der Waals surface area contributed by atoms with Crippen molar-refractivity contribution in [3.05, 3.63) is 83.7 Å². The number of nitrogens with zero attached hydrogens (tertiary/aromatic N) is 1. The summed E-state index contributed by atoms with van der Waals surface area (Å²) >= 11 is 0. The number of amides is 1. The van der Waals surface area contributed by atoms with Gasteiger partial charge in [0.25, 0.3) is 5.91 Å². The SMILES string of the molecule is O=C(NCCCc1ccccc1)c1cc(COc2ccccc2)on1. The highest BCUT2D eigenvalue weighted by atomic mass is 16.5. The van der Waals surface area contributed by atoms with Crippen molar-refractivity contribution < 1.29 is 14.1 Å². The van der Waals surface area contributed by atoms with E-state index in [-0.39, 0.29) is 18.2 Å². The fraction of sp³-hybridized carbons (Fsp3) is 0.200. The molecule has 0 aliphatic rings. The van der Waals surface area contributed by atoms with E-state index in [0.717, 1.165) is 18.6 Å². The van der Waals surface area contributed by atoms with Gasteiger partial charge in [0.1, 0.15) is 12.4 Å². The topological polar surface area (TPSA) is 64.4 Å². The summed E-state index contributed by atoms with van der Waals surface area (Å²) in [6.07, 6.45) is 1.80. The maximum Gasteiger partial charge on any atom is 0.273 e. The molecule has 3 rings (SSSR count). The van der Waals surface area contributed by atoms with Crippen molar-refractivity contribution in [1.82, 2.24) is 10.5 Å². The Bertz CT molecular complexity index is 785. The molecule has 3 aromatic rings. The standard InChI is InChI=1S/C20H20N2O3/c23-20(21-13-7-10-16-8-3-1-4-9-16)19-14-18(25-22-19)15-24-17-11-5-2-6-12-17/h1-6,8-9,11-12,14H,7,10,13,15H2,(H,21,23). The molecular formula is C20H20N2O3. The van der Waals surface area contributed by atoms with E-state index in [1.165, 1.54) is 5.56 Å². The quantitative estimate of drug-likeness (QED) is 0.638. The highest BCUT2D eigenvalue weighted by Crippen LogP contribution is 2.12. The summed E-state index contributed by atoms with van der Waals surface area (Å²) in [6.45, 7) is 0.828. The minimum Gasteiger partial charge on any atom is -0.486 e. The number of nitrogens with one attached hydrogen (secondary N) is 1. The van der Waals surface area contributed by atoms with Gasteiger partial charge in [-0.25, -0.2) is 0 Å². The largest absolute Gasteiger partial charge is 0.486 e. The maximum absolute atomic E-state index is 12.1. The Hall–Kier alpha value is -3.08. The zero-order chi connectivity index (χ0) is 17.3. The molecule has 2 aromatic carbocycles. The molecule has 0 saturated carbocycles. The minimum atomic E-state index is -0.234. The van der Waals surface area contributed by atoms with Crippen LogP contribution in [0.3, 0.4) is 0 Å². The lowest BCUT2D eigenvalue weighted by Crippen LogP contribution is -2.25. The van der Waals surface area contributed by atoms with Gasteiger partial charge in [0.05, 0.1) is 0 Å². The smallest absolute Gasteiger partial charge is 0.273 e. The highest BCUT2D eigenvalue weighted by Gasteiger charge is 2.12. The number of hydrogen-bond acceptors (Lipinski definition) is 4. The number of carbonyl (C=O) groups is 1. The third kappa shape index (κ3) is 5.21. The molecule has 0 aliphatic heterocycles. The Balaban J connectivity index is 1.41. The van der Waals surface area contributed by atoms with Gasteiger partial charge in [0, 0.05) is 12.6 Å².